The summed E-state index contributed by atoms with van der Waals surface area (Å²) in [5, 5.41) is 8.48. The first-order valence-corrected chi connectivity index (χ1v) is 17.2. The molecule has 0 aliphatic carbocycles. The van der Waals surface area contributed by atoms with Gasteiger partial charge in [0.2, 0.25) is 5.91 Å². The van der Waals surface area contributed by atoms with Crippen LogP contribution in [0.25, 0.3) is 39.0 Å². The lowest BCUT2D eigenvalue weighted by Crippen LogP contribution is -2.61. The molecule has 1 N–H and O–H groups in total. The molecule has 0 bridgehead atoms. The van der Waals surface area contributed by atoms with Crippen molar-refractivity contribution >= 4 is 39.6 Å². The summed E-state index contributed by atoms with van der Waals surface area (Å²) in [7, 11) is 0. The van der Waals surface area contributed by atoms with Crippen molar-refractivity contribution < 1.29 is 27.4 Å². The molecule has 3 saturated heterocycles. The van der Waals surface area contributed by atoms with Crippen LogP contribution in [0.1, 0.15) is 43.7 Å². The lowest BCUT2D eigenvalue weighted by atomic mass is 9.72. The van der Waals surface area contributed by atoms with Crippen LogP contribution in [0.5, 0.6) is 11.8 Å². The Hall–Kier alpha value is -4.65. The molecule has 50 heavy (non-hydrogen) atoms. The number of piperidine rings is 2. The molecular weight excluding hydrogens is 647 g/mol. The number of carbonyl (C=O) groups excluding carboxylic acids is 1. The Kier molecular flexibility index (Phi) is 8.96. The number of aromatic nitrogens is 4. The van der Waals surface area contributed by atoms with Crippen LogP contribution >= 0.6 is 0 Å². The molecular formula is C37H42F3N7O3. The van der Waals surface area contributed by atoms with Gasteiger partial charge in [-0.05, 0) is 74.1 Å². The number of hydrogen-bond donors (Lipinski definition) is 1. The van der Waals surface area contributed by atoms with Gasteiger partial charge in [0.05, 0.1) is 11.7 Å². The first kappa shape index (κ1) is 33.8. The minimum absolute atomic E-state index is 0.00752. The van der Waals surface area contributed by atoms with Gasteiger partial charge in [0.1, 0.15) is 17.4 Å². The van der Waals surface area contributed by atoms with Crippen LogP contribution in [-0.4, -0.2) is 101 Å². The first-order valence-electron chi connectivity index (χ1n) is 17.2. The van der Waals surface area contributed by atoms with E-state index in [1.54, 1.807) is 12.3 Å². The molecule has 264 valence electrons. The fourth-order valence-electron chi connectivity index (χ4n) is 7.74. The Bertz CT molecular complexity index is 1930. The highest BCUT2D eigenvalue weighted by Gasteiger charge is 2.46. The summed E-state index contributed by atoms with van der Waals surface area (Å²) in [5.74, 6) is 0.507. The molecule has 10 nitrogen and oxygen atoms in total. The maximum atomic E-state index is 13.9. The van der Waals surface area contributed by atoms with Crippen LogP contribution in [0, 0.1) is 12.3 Å². The molecule has 3 fully saturated rings. The molecule has 2 aromatic heterocycles. The van der Waals surface area contributed by atoms with Gasteiger partial charge in [0.15, 0.2) is 12.4 Å². The molecule has 1 spiro atoms. The van der Waals surface area contributed by atoms with Gasteiger partial charge in [-0.15, -0.1) is 0 Å². The summed E-state index contributed by atoms with van der Waals surface area (Å²) in [6, 6.07) is 5.80. The summed E-state index contributed by atoms with van der Waals surface area (Å²) in [6.45, 7) is 15.6. The molecule has 0 atom stereocenters. The van der Waals surface area contributed by atoms with Crippen LogP contribution in [0.15, 0.2) is 43.6 Å². The number of likely N-dealkylation sites (tertiary alicyclic amines) is 2. The molecule has 7 rings (SSSR count). The second-order valence-corrected chi connectivity index (χ2v) is 13.7. The molecule has 13 heteroatoms. The quantitative estimate of drug-likeness (QED) is 0.198. The van der Waals surface area contributed by atoms with E-state index in [1.165, 1.54) is 6.08 Å². The predicted octanol–water partition coefficient (Wildman–Crippen LogP) is 6.54. The zero-order valence-electron chi connectivity index (χ0n) is 28.5. The molecule has 1 amide bonds. The monoisotopic (exact) mass is 689 g/mol. The zero-order chi connectivity index (χ0) is 35.2. The zero-order valence-corrected chi connectivity index (χ0v) is 28.5. The van der Waals surface area contributed by atoms with E-state index in [-0.39, 0.29) is 34.7 Å². The Labute approximate surface area is 288 Å². The van der Waals surface area contributed by atoms with E-state index in [2.05, 4.69) is 40.1 Å². The number of nitrogens with one attached hydrogen (secondary N) is 1. The van der Waals surface area contributed by atoms with Crippen LogP contribution in [0.2, 0.25) is 0 Å². The van der Waals surface area contributed by atoms with Crippen molar-refractivity contribution in [3.8, 4) is 22.9 Å². The number of anilines is 1. The number of ether oxygens (including phenoxy) is 2. The number of benzene rings is 2. The topological polar surface area (TPSA) is 99.7 Å². The standard InChI is InChI=1S/C37H42F3N7O3/c1-5-24-18-26-32(33(49-22-37(38,39)40)31(24)30-23(4)8-9-28-27(30)19-41-44-28)42-35(50-25-10-14-45(7-3)15-11-25)43-34(26)46-16-12-36(13-17-46)20-47(21-36)29(48)6-2/h5-6,8-9,18-19,25H,1-2,7,10-17,20-22H2,3-4H3,(H,41,44). The van der Waals surface area contributed by atoms with Crippen LogP contribution in [-0.2, 0) is 4.79 Å². The van der Waals surface area contributed by atoms with Gasteiger partial charge >= 0.3 is 12.2 Å². The maximum Gasteiger partial charge on any atom is 0.422 e. The summed E-state index contributed by atoms with van der Waals surface area (Å²) in [6.07, 6.45) is 3.15. The van der Waals surface area contributed by atoms with Crippen molar-refractivity contribution in [3.63, 3.8) is 0 Å². The van der Waals surface area contributed by atoms with Crippen molar-refractivity contribution in [1.82, 2.24) is 30.0 Å². The number of H-pyrrole nitrogens is 1. The summed E-state index contributed by atoms with van der Waals surface area (Å²) in [4.78, 5) is 28.3. The largest absolute Gasteiger partial charge is 0.481 e. The van der Waals surface area contributed by atoms with Crippen molar-refractivity contribution in [2.45, 2.75) is 51.8 Å². The smallest absolute Gasteiger partial charge is 0.422 e. The minimum atomic E-state index is -4.60. The SMILES string of the molecule is C=CC(=O)N1CC2(CCN(c3nc(OC4CCN(CC)CC4)nc4c(OCC(F)(F)F)c(-c5c(C)ccc6[nH]ncc56)c(C=C)cc34)CC2)C1. The third-order valence-corrected chi connectivity index (χ3v) is 10.5. The number of amides is 1. The normalized spacial score (nSPS) is 18.4. The Morgan fingerprint density at radius 2 is 1.82 bits per heavy atom. The number of hydrogen-bond acceptors (Lipinski definition) is 8. The van der Waals surface area contributed by atoms with E-state index in [9.17, 15) is 18.0 Å². The highest BCUT2D eigenvalue weighted by Crippen LogP contribution is 2.48. The maximum absolute atomic E-state index is 13.9. The minimum Gasteiger partial charge on any atom is -0.481 e. The molecule has 4 aromatic rings. The predicted molar refractivity (Wildman–Crippen MR) is 187 cm³/mol. The fraction of sp³-hybridized carbons (Fsp3) is 0.459. The highest BCUT2D eigenvalue weighted by atomic mass is 19.4. The molecule has 0 unspecified atom stereocenters. The van der Waals surface area contributed by atoms with E-state index in [0.29, 0.717) is 54.1 Å². The molecule has 5 heterocycles. The Balaban J connectivity index is 1.37. The van der Waals surface area contributed by atoms with Gasteiger partial charge < -0.3 is 24.2 Å². The average Bonchev–Trinajstić information content (AvgIpc) is 3.58. The number of carbonyl (C=O) groups is 1. The van der Waals surface area contributed by atoms with E-state index < -0.39 is 12.8 Å². The third-order valence-electron chi connectivity index (χ3n) is 10.5. The number of fused-ring (bicyclic) bond motifs is 2. The Morgan fingerprint density at radius 3 is 2.48 bits per heavy atom. The van der Waals surface area contributed by atoms with E-state index in [0.717, 1.165) is 61.8 Å². The molecule has 3 aliphatic rings. The number of alkyl halides is 3. The van der Waals surface area contributed by atoms with Gasteiger partial charge in [-0.2, -0.15) is 28.2 Å². The Morgan fingerprint density at radius 1 is 1.08 bits per heavy atom. The van der Waals surface area contributed by atoms with Gasteiger partial charge in [0, 0.05) is 61.0 Å². The summed E-state index contributed by atoms with van der Waals surface area (Å²) in [5.41, 5.74) is 3.55. The van der Waals surface area contributed by atoms with Gasteiger partial charge in [-0.25, -0.2) is 0 Å². The van der Waals surface area contributed by atoms with Gasteiger partial charge in [-0.3, -0.25) is 9.89 Å². The second-order valence-electron chi connectivity index (χ2n) is 13.7. The fourth-order valence-corrected chi connectivity index (χ4v) is 7.74. The number of nitrogens with zero attached hydrogens (tertiary/aromatic N) is 6. The van der Waals surface area contributed by atoms with Crippen LogP contribution < -0.4 is 14.4 Å². The summed E-state index contributed by atoms with van der Waals surface area (Å²) >= 11 is 0. The summed E-state index contributed by atoms with van der Waals surface area (Å²) < 4.78 is 54.0. The molecule has 0 saturated carbocycles. The molecule has 0 radical (unpaired) electrons. The van der Waals surface area contributed by atoms with Gasteiger partial charge in [0.25, 0.3) is 0 Å². The second kappa shape index (κ2) is 13.2. The number of aromatic amines is 1. The van der Waals surface area contributed by atoms with Crippen molar-refractivity contribution in [2.75, 3.05) is 57.3 Å². The first-order chi connectivity index (χ1) is 24.0. The van der Waals surface area contributed by atoms with E-state index >= 15 is 0 Å². The van der Waals surface area contributed by atoms with Crippen molar-refractivity contribution in [3.05, 3.63) is 54.8 Å². The number of halogens is 3. The lowest BCUT2D eigenvalue weighted by molar-refractivity contribution is -0.153. The molecule has 2 aromatic carbocycles. The average molecular weight is 690 g/mol. The van der Waals surface area contributed by atoms with Crippen molar-refractivity contribution in [1.29, 1.82) is 0 Å². The third kappa shape index (κ3) is 6.38. The number of rotatable bonds is 9. The van der Waals surface area contributed by atoms with Gasteiger partial charge in [-0.1, -0.05) is 32.2 Å². The highest BCUT2D eigenvalue weighted by molar-refractivity contribution is 6.07. The van der Waals surface area contributed by atoms with Crippen LogP contribution in [0.3, 0.4) is 0 Å². The molecule has 3 aliphatic heterocycles. The van der Waals surface area contributed by atoms with E-state index in [1.807, 2.05) is 30.0 Å². The van der Waals surface area contributed by atoms with Crippen molar-refractivity contribution in [2.24, 2.45) is 5.41 Å². The lowest BCUT2D eigenvalue weighted by Gasteiger charge is -2.54. The number of aryl methyl sites for hydroxylation is 1. The van der Waals surface area contributed by atoms with Crippen LogP contribution in [0.4, 0.5) is 19.0 Å². The van der Waals surface area contributed by atoms with E-state index in [4.69, 9.17) is 19.4 Å².